The number of rotatable bonds is 3. The highest BCUT2D eigenvalue weighted by Gasteiger charge is 2.53. The topological polar surface area (TPSA) is 116 Å². The molecule has 11 heteroatoms. The van der Waals surface area contributed by atoms with Crippen LogP contribution in [0.3, 0.4) is 0 Å². The Morgan fingerprint density at radius 2 is 1.52 bits per heavy atom. The van der Waals surface area contributed by atoms with Crippen molar-refractivity contribution in [3.05, 3.63) is 65.7 Å². The molecule has 0 radical (unpaired) electrons. The third kappa shape index (κ3) is 3.88. The summed E-state index contributed by atoms with van der Waals surface area (Å²) in [7, 11) is 0. The Labute approximate surface area is 161 Å². The van der Waals surface area contributed by atoms with Crippen LogP contribution < -0.4 is 21.3 Å². The van der Waals surface area contributed by atoms with Crippen LogP contribution in [0.5, 0.6) is 0 Å². The Kier molecular flexibility index (Phi) is 4.97. The molecular weight excluding hydrogens is 393 g/mol. The molecule has 2 aromatic rings. The molecule has 1 aliphatic heterocycles. The summed E-state index contributed by atoms with van der Waals surface area (Å²) in [5.74, 6) is -2.23. The Morgan fingerprint density at radius 3 is 2.10 bits per heavy atom. The quantitative estimate of drug-likeness (QED) is 0.584. The van der Waals surface area contributed by atoms with Crippen molar-refractivity contribution < 1.29 is 32.3 Å². The summed E-state index contributed by atoms with van der Waals surface area (Å²) in [6.07, 6.45) is -4.62. The van der Waals surface area contributed by atoms with E-state index in [-0.39, 0.29) is 11.3 Å². The molecule has 2 aromatic carbocycles. The first-order valence-electron chi connectivity index (χ1n) is 8.12. The molecule has 150 valence electrons. The highest BCUT2D eigenvalue weighted by atomic mass is 19.4. The van der Waals surface area contributed by atoms with Gasteiger partial charge < -0.3 is 10.6 Å². The highest BCUT2D eigenvalue weighted by Crippen LogP contribution is 2.31. The SMILES string of the molecule is O=C1NC(=O)C(NC(=O)Nc2cccc(C(F)(F)F)c2)(c2ccccc2)C(=O)N1. The number of carbonyl (C=O) groups excluding carboxylic acids is 4. The third-order valence-electron chi connectivity index (χ3n) is 4.09. The van der Waals surface area contributed by atoms with Gasteiger partial charge in [-0.2, -0.15) is 13.2 Å². The Bertz CT molecular complexity index is 972. The summed E-state index contributed by atoms with van der Waals surface area (Å²) in [6.45, 7) is 0. The first-order valence-corrected chi connectivity index (χ1v) is 8.12. The molecule has 0 spiro atoms. The lowest BCUT2D eigenvalue weighted by Crippen LogP contribution is -2.71. The molecule has 1 aliphatic rings. The Balaban J connectivity index is 1.92. The van der Waals surface area contributed by atoms with E-state index in [9.17, 15) is 32.3 Å². The van der Waals surface area contributed by atoms with Crippen molar-refractivity contribution in [3.8, 4) is 0 Å². The van der Waals surface area contributed by atoms with Gasteiger partial charge in [0.1, 0.15) is 0 Å². The van der Waals surface area contributed by atoms with Gasteiger partial charge in [-0.05, 0) is 23.8 Å². The van der Waals surface area contributed by atoms with Gasteiger partial charge >= 0.3 is 18.2 Å². The first kappa shape index (κ1) is 19.9. The highest BCUT2D eigenvalue weighted by molar-refractivity contribution is 6.24. The average Bonchev–Trinajstić information content (AvgIpc) is 2.65. The van der Waals surface area contributed by atoms with E-state index < -0.39 is 41.2 Å². The molecule has 0 atom stereocenters. The second-order valence-electron chi connectivity index (χ2n) is 6.01. The van der Waals surface area contributed by atoms with Crippen LogP contribution in [0, 0.1) is 0 Å². The second-order valence-corrected chi connectivity index (χ2v) is 6.01. The van der Waals surface area contributed by atoms with Crippen LogP contribution >= 0.6 is 0 Å². The fourth-order valence-electron chi connectivity index (χ4n) is 2.77. The molecule has 3 rings (SSSR count). The molecule has 6 amide bonds. The molecule has 1 saturated heterocycles. The lowest BCUT2D eigenvalue weighted by Gasteiger charge is -2.34. The van der Waals surface area contributed by atoms with E-state index >= 15 is 0 Å². The van der Waals surface area contributed by atoms with Crippen LogP contribution in [0.15, 0.2) is 54.6 Å². The van der Waals surface area contributed by atoms with Crippen LogP contribution in [0.1, 0.15) is 11.1 Å². The van der Waals surface area contributed by atoms with Crippen molar-refractivity contribution in [2.24, 2.45) is 0 Å². The molecule has 0 unspecified atom stereocenters. The third-order valence-corrected chi connectivity index (χ3v) is 4.09. The van der Waals surface area contributed by atoms with Crippen molar-refractivity contribution in [2.75, 3.05) is 5.32 Å². The van der Waals surface area contributed by atoms with Crippen molar-refractivity contribution in [2.45, 2.75) is 11.7 Å². The predicted molar refractivity (Wildman–Crippen MR) is 93.4 cm³/mol. The number of urea groups is 2. The minimum absolute atomic E-state index is 0.0432. The number of carbonyl (C=O) groups is 4. The van der Waals surface area contributed by atoms with E-state index in [1.54, 1.807) is 6.07 Å². The van der Waals surface area contributed by atoms with Crippen LogP contribution in [0.2, 0.25) is 0 Å². The molecule has 0 saturated carbocycles. The molecule has 1 heterocycles. The van der Waals surface area contributed by atoms with Gasteiger partial charge in [0.25, 0.3) is 11.8 Å². The summed E-state index contributed by atoms with van der Waals surface area (Å²) in [6, 6.07) is 8.96. The summed E-state index contributed by atoms with van der Waals surface area (Å²) < 4.78 is 38.5. The number of alkyl halides is 3. The number of imide groups is 2. The van der Waals surface area contributed by atoms with Gasteiger partial charge in [0.05, 0.1) is 5.56 Å². The number of amides is 6. The van der Waals surface area contributed by atoms with Crippen molar-refractivity contribution in [1.82, 2.24) is 16.0 Å². The summed E-state index contributed by atoms with van der Waals surface area (Å²) in [5.41, 5.74) is -3.47. The predicted octanol–water partition coefficient (Wildman–Crippen LogP) is 2.09. The van der Waals surface area contributed by atoms with Gasteiger partial charge in [0.2, 0.25) is 5.54 Å². The molecule has 1 fully saturated rings. The zero-order valence-electron chi connectivity index (χ0n) is 14.5. The van der Waals surface area contributed by atoms with E-state index in [0.717, 1.165) is 12.1 Å². The number of halogens is 3. The summed E-state index contributed by atoms with van der Waals surface area (Å²) in [4.78, 5) is 48.9. The van der Waals surface area contributed by atoms with E-state index in [2.05, 4.69) is 10.6 Å². The standard InChI is InChI=1S/C18H13F3N4O4/c19-18(20,21)11-7-4-8-12(9-11)22-16(29)25-17(10-5-2-1-3-6-10)13(26)23-15(28)24-14(17)27/h1-9H,(H2,22,25,29)(H2,23,24,26,27,28). The molecular formula is C18H13F3N4O4. The van der Waals surface area contributed by atoms with Crippen LogP contribution in [0.4, 0.5) is 28.4 Å². The molecule has 29 heavy (non-hydrogen) atoms. The minimum atomic E-state index is -4.62. The molecule has 4 N–H and O–H groups in total. The number of anilines is 1. The Morgan fingerprint density at radius 1 is 0.897 bits per heavy atom. The van der Waals surface area contributed by atoms with E-state index in [0.29, 0.717) is 6.07 Å². The maximum Gasteiger partial charge on any atom is 0.416 e. The fourth-order valence-corrected chi connectivity index (χ4v) is 2.77. The first-order chi connectivity index (χ1) is 13.6. The lowest BCUT2D eigenvalue weighted by atomic mass is 9.86. The van der Waals surface area contributed by atoms with Gasteiger partial charge in [-0.1, -0.05) is 36.4 Å². The van der Waals surface area contributed by atoms with Crippen LogP contribution in [-0.2, 0) is 21.3 Å². The van der Waals surface area contributed by atoms with Gasteiger partial charge in [0.15, 0.2) is 0 Å². The number of hydrogen-bond donors (Lipinski definition) is 4. The summed E-state index contributed by atoms with van der Waals surface area (Å²) in [5, 5.41) is 8.11. The monoisotopic (exact) mass is 406 g/mol. The number of hydrogen-bond acceptors (Lipinski definition) is 4. The van der Waals surface area contributed by atoms with Gasteiger partial charge in [-0.15, -0.1) is 0 Å². The summed E-state index contributed by atoms with van der Waals surface area (Å²) >= 11 is 0. The molecule has 0 aromatic heterocycles. The normalized spacial score (nSPS) is 15.9. The van der Waals surface area contributed by atoms with E-state index in [1.165, 1.54) is 30.3 Å². The average molecular weight is 406 g/mol. The smallest absolute Gasteiger partial charge is 0.312 e. The minimum Gasteiger partial charge on any atom is -0.312 e. The maximum atomic E-state index is 12.8. The Hall–Kier alpha value is -3.89. The van der Waals surface area contributed by atoms with Crippen molar-refractivity contribution in [1.29, 1.82) is 0 Å². The largest absolute Gasteiger partial charge is 0.416 e. The van der Waals surface area contributed by atoms with Gasteiger partial charge in [-0.25, -0.2) is 9.59 Å². The number of nitrogens with one attached hydrogen (secondary N) is 4. The lowest BCUT2D eigenvalue weighted by molar-refractivity contribution is -0.140. The molecule has 0 bridgehead atoms. The van der Waals surface area contributed by atoms with Crippen LogP contribution in [0.25, 0.3) is 0 Å². The van der Waals surface area contributed by atoms with Crippen molar-refractivity contribution >= 4 is 29.6 Å². The number of barbiturate groups is 1. The van der Waals surface area contributed by atoms with Gasteiger partial charge in [-0.3, -0.25) is 20.2 Å². The van der Waals surface area contributed by atoms with Crippen molar-refractivity contribution in [3.63, 3.8) is 0 Å². The van der Waals surface area contributed by atoms with E-state index in [1.807, 2.05) is 10.6 Å². The second kappa shape index (κ2) is 7.26. The number of benzene rings is 2. The maximum absolute atomic E-state index is 12.8. The van der Waals surface area contributed by atoms with Crippen LogP contribution in [-0.4, -0.2) is 23.9 Å². The zero-order chi connectivity index (χ0) is 21.2. The van der Waals surface area contributed by atoms with Gasteiger partial charge in [0, 0.05) is 5.69 Å². The fraction of sp³-hybridized carbons (Fsp3) is 0.111. The zero-order valence-corrected chi connectivity index (χ0v) is 14.5. The van der Waals surface area contributed by atoms with E-state index in [4.69, 9.17) is 0 Å². The molecule has 8 nitrogen and oxygen atoms in total. The molecule has 0 aliphatic carbocycles.